The molecule has 19 nitrogen and oxygen atoms in total. The number of benzene rings is 1. The smallest absolute Gasteiger partial charge is 0.412 e. The number of pyridine rings is 3. The fourth-order valence-electron chi connectivity index (χ4n) is 4.00. The van der Waals surface area contributed by atoms with Crippen LogP contribution in [0.3, 0.4) is 0 Å². The van der Waals surface area contributed by atoms with E-state index in [9.17, 15) is 0 Å². The first-order valence-electron chi connectivity index (χ1n) is 12.2. The molecule has 1 radical (unpaired) electrons. The molecule has 1 aromatic carbocycles. The summed E-state index contributed by atoms with van der Waals surface area (Å²) in [6, 6.07) is 24.2. The van der Waals surface area contributed by atoms with Crippen molar-refractivity contribution in [3.8, 4) is 33.9 Å². The van der Waals surface area contributed by atoms with Crippen LogP contribution < -0.4 is 5.73 Å². The first-order valence-corrected chi connectivity index (χ1v) is 12.2. The Kier molecular flexibility index (Phi) is 16.7. The Morgan fingerprint density at radius 1 is 0.660 bits per heavy atom. The third-order valence-electron chi connectivity index (χ3n) is 5.75. The molecule has 0 aliphatic heterocycles. The fraction of sp³-hybridized carbons (Fsp3) is 0.0370. The van der Waals surface area contributed by atoms with Gasteiger partial charge in [-0.25, -0.2) is 19.9 Å². The Labute approximate surface area is 275 Å². The number of nitrogen functional groups attached to an aromatic ring is 1. The van der Waals surface area contributed by atoms with Gasteiger partial charge in [-0.1, -0.05) is 36.4 Å². The third-order valence-corrected chi connectivity index (χ3v) is 5.75. The van der Waals surface area contributed by atoms with E-state index in [-0.39, 0.29) is 33.5 Å². The van der Waals surface area contributed by atoms with Gasteiger partial charge < -0.3 is 57.4 Å². The van der Waals surface area contributed by atoms with Crippen molar-refractivity contribution in [3.05, 3.63) is 134 Å². The number of anilines is 1. The summed E-state index contributed by atoms with van der Waals surface area (Å²) in [5.74, 6) is 0.384. The molecule has 6 aromatic rings. The number of nitrogens with zero attached hydrogens (tertiary/aromatic N) is 9. The van der Waals surface area contributed by atoms with Crippen LogP contribution in [0, 0.1) is 30.6 Å². The fourth-order valence-corrected chi connectivity index (χ4v) is 4.00. The second-order valence-corrected chi connectivity index (χ2v) is 8.50. The molecule has 0 saturated carbocycles. The standard InChI is InChI=1S/C27H20N8.Cu.2NO3.3H2O/c28-26-25-27(32-16-31-26)35(17-33-25)15-18-7-9-19(10-8-18)20-13-23(21-5-1-3-11-29-21)34-24(14-20)22-6-2-4-12-30-22;;2*2-1(3)4;;;/h1-14,16-17H,15H2,(H2,28,31,32);;;;3*1H2/q;+2;2*-1;;;. The zero-order chi connectivity index (χ0) is 30.8. The van der Waals surface area contributed by atoms with Gasteiger partial charge in [0.15, 0.2) is 11.5 Å². The number of fused-ring (bicyclic) bond motifs is 1. The number of hydrogen-bond acceptors (Lipinski definition) is 13. The molecule has 0 saturated heterocycles. The molecule has 47 heavy (non-hydrogen) atoms. The van der Waals surface area contributed by atoms with E-state index in [1.807, 2.05) is 41.0 Å². The summed E-state index contributed by atoms with van der Waals surface area (Å²) in [5, 5.41) is 29.5. The van der Waals surface area contributed by atoms with Crippen molar-refractivity contribution in [3.63, 3.8) is 0 Å². The topological polar surface area (TPSA) is 335 Å². The molecule has 0 amide bonds. The van der Waals surface area contributed by atoms with Gasteiger partial charge in [-0.05, 0) is 53.1 Å². The zero-order valence-electron chi connectivity index (χ0n) is 23.8. The van der Waals surface area contributed by atoms with E-state index >= 15 is 0 Å². The van der Waals surface area contributed by atoms with Crippen molar-refractivity contribution in [2.24, 2.45) is 0 Å². The molecule has 0 aliphatic carbocycles. The number of aromatic nitrogens is 7. The second-order valence-electron chi connectivity index (χ2n) is 8.50. The molecule has 0 bridgehead atoms. The normalized spacial score (nSPS) is 9.28. The van der Waals surface area contributed by atoms with Crippen LogP contribution in [0.2, 0.25) is 0 Å². The van der Waals surface area contributed by atoms with Crippen molar-refractivity contribution < 1.29 is 43.7 Å². The van der Waals surface area contributed by atoms with Crippen molar-refractivity contribution in [2.45, 2.75) is 6.54 Å². The number of nitrogens with two attached hydrogens (primary N) is 1. The summed E-state index contributed by atoms with van der Waals surface area (Å²) < 4.78 is 1.97. The van der Waals surface area contributed by atoms with Crippen molar-refractivity contribution in [1.82, 2.24) is 34.5 Å². The Balaban J connectivity index is 0.00000160. The molecule has 5 heterocycles. The van der Waals surface area contributed by atoms with Crippen LogP contribution in [0.4, 0.5) is 5.82 Å². The largest absolute Gasteiger partial charge is 2.00 e. The predicted molar refractivity (Wildman–Crippen MR) is 167 cm³/mol. The van der Waals surface area contributed by atoms with Crippen LogP contribution in [0.5, 0.6) is 0 Å². The molecule has 0 fully saturated rings. The van der Waals surface area contributed by atoms with Crippen LogP contribution in [0.1, 0.15) is 5.56 Å². The van der Waals surface area contributed by atoms with Crippen molar-refractivity contribution >= 4 is 17.0 Å². The van der Waals surface area contributed by atoms with E-state index < -0.39 is 10.2 Å². The van der Waals surface area contributed by atoms with Crippen LogP contribution in [0.25, 0.3) is 45.1 Å². The summed E-state index contributed by atoms with van der Waals surface area (Å²) >= 11 is 0. The Hall–Kier alpha value is -6.18. The van der Waals surface area contributed by atoms with E-state index in [4.69, 9.17) is 41.4 Å². The molecule has 20 heteroatoms. The molecule has 8 N–H and O–H groups in total. The SMILES string of the molecule is Nc1ncnc2c1ncn2Cc1ccc(-c2cc(-c3ccccn3)nc(-c3ccccn3)c2)cc1.O.O.O.O=[N+]([O-])[O-].O=[N+]([O-])[O-].[Cu+2]. The van der Waals surface area contributed by atoms with E-state index in [0.717, 1.165) is 45.1 Å². The van der Waals surface area contributed by atoms with Gasteiger partial charge in [0.2, 0.25) is 0 Å². The summed E-state index contributed by atoms with van der Waals surface area (Å²) in [4.78, 5) is 43.0. The van der Waals surface area contributed by atoms with Crippen molar-refractivity contribution in [1.29, 1.82) is 0 Å². The van der Waals surface area contributed by atoms with Gasteiger partial charge in [0.25, 0.3) is 0 Å². The minimum Gasteiger partial charge on any atom is -0.412 e. The van der Waals surface area contributed by atoms with Crippen molar-refractivity contribution in [2.75, 3.05) is 5.73 Å². The summed E-state index contributed by atoms with van der Waals surface area (Å²) in [7, 11) is 0. The van der Waals surface area contributed by atoms with E-state index in [2.05, 4.69) is 61.3 Å². The molecule has 0 spiro atoms. The molecule has 249 valence electrons. The van der Waals surface area contributed by atoms with Gasteiger partial charge in [0, 0.05) is 12.4 Å². The Morgan fingerprint density at radius 3 is 1.64 bits per heavy atom. The summed E-state index contributed by atoms with van der Waals surface area (Å²) in [5.41, 5.74) is 13.7. The molecule has 0 aliphatic rings. The maximum absolute atomic E-state index is 8.25. The quantitative estimate of drug-likeness (QED) is 0.152. The van der Waals surface area contributed by atoms with Gasteiger partial charge >= 0.3 is 17.1 Å². The third kappa shape index (κ3) is 11.4. The number of rotatable bonds is 5. The van der Waals surface area contributed by atoms with E-state index in [1.165, 1.54) is 6.33 Å². The maximum atomic E-state index is 8.25. The van der Waals surface area contributed by atoms with Crippen LogP contribution in [-0.4, -0.2) is 61.1 Å². The van der Waals surface area contributed by atoms with E-state index in [1.54, 1.807) is 18.7 Å². The summed E-state index contributed by atoms with van der Waals surface area (Å²) in [6.45, 7) is 0.627. The monoisotopic (exact) mass is 697 g/mol. The van der Waals surface area contributed by atoms with Gasteiger partial charge in [-0.15, -0.1) is 0 Å². The Morgan fingerprint density at radius 2 is 1.17 bits per heavy atom. The number of imidazole rings is 1. The van der Waals surface area contributed by atoms with Gasteiger partial charge in [0.05, 0.1) is 45.8 Å². The predicted octanol–water partition coefficient (Wildman–Crippen LogP) is 1.69. The minimum absolute atomic E-state index is 0. The first kappa shape index (κ1) is 40.8. The molecular weight excluding hydrogens is 672 g/mol. The molecule has 6 rings (SSSR count). The molecular formula is C27H26CuN10O9. The Bertz CT molecular complexity index is 1770. The first-order chi connectivity index (χ1) is 20.7. The van der Waals surface area contributed by atoms with Crippen LogP contribution >= 0.6 is 0 Å². The molecule has 0 unspecified atom stereocenters. The molecule has 5 aromatic heterocycles. The zero-order valence-corrected chi connectivity index (χ0v) is 24.7. The van der Waals surface area contributed by atoms with Gasteiger partial charge in [-0.3, -0.25) is 9.97 Å². The number of hydrogen-bond donors (Lipinski definition) is 1. The van der Waals surface area contributed by atoms with Gasteiger partial charge in [-0.2, -0.15) is 0 Å². The minimum atomic E-state index is -1.75. The van der Waals surface area contributed by atoms with Gasteiger partial charge in [0.1, 0.15) is 11.8 Å². The van der Waals surface area contributed by atoms with E-state index in [0.29, 0.717) is 17.9 Å². The maximum Gasteiger partial charge on any atom is 2.00 e. The summed E-state index contributed by atoms with van der Waals surface area (Å²) in [6.07, 6.45) is 6.75. The van der Waals surface area contributed by atoms with Crippen LogP contribution in [-0.2, 0) is 23.6 Å². The van der Waals surface area contributed by atoms with Crippen LogP contribution in [0.15, 0.2) is 97.8 Å². The molecule has 0 atom stereocenters. The average Bonchev–Trinajstić information content (AvgIpc) is 3.41. The second kappa shape index (κ2) is 19.3. The average molecular weight is 698 g/mol.